The SMILES string of the molecule is C/C([O-])=N\OS(=O)c1ccc(C)cc1. The summed E-state index contributed by atoms with van der Waals surface area (Å²) in [6.45, 7) is 3.15. The van der Waals surface area contributed by atoms with Crippen LogP contribution in [0.25, 0.3) is 0 Å². The molecular weight excluding hydrogens is 202 g/mol. The topological polar surface area (TPSA) is 61.7 Å². The number of nitrogens with zero attached hydrogens (tertiary/aromatic N) is 1. The van der Waals surface area contributed by atoms with Gasteiger partial charge in [0.2, 0.25) is 0 Å². The summed E-state index contributed by atoms with van der Waals surface area (Å²) >= 11 is -1.70. The molecule has 0 N–H and O–H groups in total. The summed E-state index contributed by atoms with van der Waals surface area (Å²) < 4.78 is 15.8. The maximum absolute atomic E-state index is 11.3. The summed E-state index contributed by atoms with van der Waals surface area (Å²) in [6.07, 6.45) is 0. The van der Waals surface area contributed by atoms with Gasteiger partial charge in [0, 0.05) is 5.90 Å². The van der Waals surface area contributed by atoms with Gasteiger partial charge in [-0.25, -0.2) is 4.21 Å². The lowest BCUT2D eigenvalue weighted by atomic mass is 10.2. The van der Waals surface area contributed by atoms with Gasteiger partial charge in [0.15, 0.2) is 0 Å². The van der Waals surface area contributed by atoms with Gasteiger partial charge < -0.3 is 5.11 Å². The van der Waals surface area contributed by atoms with Crippen LogP contribution in [0.5, 0.6) is 0 Å². The standard InChI is InChI=1S/C9H11NO3S/c1-7-3-5-9(6-4-7)14(12)13-10-8(2)11/h3-6H,1-2H3,(H,10,11)/p-1. The van der Waals surface area contributed by atoms with Crippen LogP contribution in [-0.2, 0) is 15.4 Å². The first-order valence-corrected chi connectivity index (χ1v) is 5.04. The van der Waals surface area contributed by atoms with Crippen LogP contribution in [0.2, 0.25) is 0 Å². The molecule has 0 saturated carbocycles. The molecule has 0 aliphatic rings. The first-order valence-electron chi connectivity index (χ1n) is 3.97. The number of hydrogen-bond acceptors (Lipinski definition) is 4. The molecule has 0 aliphatic heterocycles. The number of benzene rings is 1. The summed E-state index contributed by atoms with van der Waals surface area (Å²) in [7, 11) is 0. The smallest absolute Gasteiger partial charge is 0.265 e. The molecule has 0 fully saturated rings. The van der Waals surface area contributed by atoms with Crippen molar-refractivity contribution in [2.75, 3.05) is 0 Å². The first kappa shape index (κ1) is 10.7. The molecule has 1 aromatic rings. The number of hydrogen-bond donors (Lipinski definition) is 0. The molecule has 0 heterocycles. The van der Waals surface area contributed by atoms with Gasteiger partial charge in [0.05, 0.1) is 4.90 Å². The summed E-state index contributed by atoms with van der Waals surface area (Å²) in [5.41, 5.74) is 1.06. The Labute approximate surface area is 84.9 Å². The van der Waals surface area contributed by atoms with Crippen LogP contribution in [0.15, 0.2) is 34.3 Å². The molecule has 0 bridgehead atoms. The quantitative estimate of drug-likeness (QED) is 0.421. The number of oxime groups is 1. The van der Waals surface area contributed by atoms with E-state index < -0.39 is 17.0 Å². The molecule has 5 heteroatoms. The normalized spacial score (nSPS) is 13.7. The predicted molar refractivity (Wildman–Crippen MR) is 51.8 cm³/mol. The minimum Gasteiger partial charge on any atom is -0.860 e. The zero-order valence-corrected chi connectivity index (χ0v) is 8.71. The van der Waals surface area contributed by atoms with Gasteiger partial charge in [-0.2, -0.15) is 0 Å². The van der Waals surface area contributed by atoms with Crippen molar-refractivity contribution >= 4 is 17.0 Å². The molecule has 0 aliphatic carbocycles. The van der Waals surface area contributed by atoms with E-state index in [-0.39, 0.29) is 0 Å². The average Bonchev–Trinajstić information content (AvgIpc) is 2.15. The minimum absolute atomic E-state index is 0.487. The van der Waals surface area contributed by atoms with Crippen molar-refractivity contribution in [2.45, 2.75) is 18.7 Å². The Morgan fingerprint density at radius 3 is 2.50 bits per heavy atom. The fraction of sp³-hybridized carbons (Fsp3) is 0.222. The monoisotopic (exact) mass is 212 g/mol. The second-order valence-electron chi connectivity index (χ2n) is 2.73. The van der Waals surface area contributed by atoms with Crippen LogP contribution in [-0.4, -0.2) is 10.1 Å². The number of aryl methyl sites for hydroxylation is 1. The zero-order valence-electron chi connectivity index (χ0n) is 7.89. The highest BCUT2D eigenvalue weighted by Gasteiger charge is 2.02. The summed E-state index contributed by atoms with van der Waals surface area (Å²) in [4.78, 5) is 0.487. The van der Waals surface area contributed by atoms with Crippen LogP contribution >= 0.6 is 0 Å². The molecule has 1 unspecified atom stereocenters. The van der Waals surface area contributed by atoms with Crippen molar-refractivity contribution < 1.29 is 13.6 Å². The Bertz CT molecular complexity index is 355. The highest BCUT2D eigenvalue weighted by atomic mass is 32.2. The maximum Gasteiger partial charge on any atom is 0.265 e. The second kappa shape index (κ2) is 4.76. The van der Waals surface area contributed by atoms with Crippen LogP contribution in [0.3, 0.4) is 0 Å². The molecule has 4 nitrogen and oxygen atoms in total. The predicted octanol–water partition coefficient (Wildman–Crippen LogP) is 0.728. The second-order valence-corrected chi connectivity index (χ2v) is 3.82. The van der Waals surface area contributed by atoms with Crippen molar-refractivity contribution in [3.05, 3.63) is 29.8 Å². The van der Waals surface area contributed by atoms with Crippen LogP contribution in [0, 0.1) is 6.92 Å². The molecule has 0 amide bonds. The van der Waals surface area contributed by atoms with Crippen molar-refractivity contribution in [1.29, 1.82) is 0 Å². The largest absolute Gasteiger partial charge is 0.860 e. The van der Waals surface area contributed by atoms with E-state index in [2.05, 4.69) is 9.44 Å². The third kappa shape index (κ3) is 3.18. The van der Waals surface area contributed by atoms with Gasteiger partial charge >= 0.3 is 0 Å². The van der Waals surface area contributed by atoms with E-state index in [4.69, 9.17) is 0 Å². The summed E-state index contributed by atoms with van der Waals surface area (Å²) in [5.74, 6) is -0.509. The van der Waals surface area contributed by atoms with E-state index in [1.807, 2.05) is 19.1 Å². The van der Waals surface area contributed by atoms with Gasteiger partial charge in [0.1, 0.15) is 0 Å². The minimum atomic E-state index is -1.70. The highest BCUT2D eigenvalue weighted by Crippen LogP contribution is 2.09. The molecule has 0 aromatic heterocycles. The van der Waals surface area contributed by atoms with Gasteiger partial charge in [-0.3, -0.25) is 4.28 Å². The molecule has 14 heavy (non-hydrogen) atoms. The van der Waals surface area contributed by atoms with E-state index in [0.29, 0.717) is 4.90 Å². The van der Waals surface area contributed by atoms with Crippen LogP contribution < -0.4 is 5.11 Å². The Morgan fingerprint density at radius 2 is 2.00 bits per heavy atom. The Hall–Kier alpha value is -1.36. The first-order chi connectivity index (χ1) is 6.59. The Kier molecular flexibility index (Phi) is 3.64. The lowest BCUT2D eigenvalue weighted by Crippen LogP contribution is -2.12. The zero-order chi connectivity index (χ0) is 10.6. The third-order valence-electron chi connectivity index (χ3n) is 1.45. The molecule has 0 spiro atoms. The van der Waals surface area contributed by atoms with E-state index in [9.17, 15) is 9.32 Å². The van der Waals surface area contributed by atoms with Gasteiger partial charge in [-0.05, 0) is 26.0 Å². The summed E-state index contributed by atoms with van der Waals surface area (Å²) in [6, 6.07) is 6.96. The lowest BCUT2D eigenvalue weighted by molar-refractivity contribution is -0.218. The lowest BCUT2D eigenvalue weighted by Gasteiger charge is -2.02. The third-order valence-corrected chi connectivity index (χ3v) is 2.31. The van der Waals surface area contributed by atoms with Crippen LogP contribution in [0.4, 0.5) is 0 Å². The average molecular weight is 212 g/mol. The van der Waals surface area contributed by atoms with Crippen molar-refractivity contribution in [3.63, 3.8) is 0 Å². The maximum atomic E-state index is 11.3. The van der Waals surface area contributed by atoms with E-state index in [1.54, 1.807) is 12.1 Å². The summed E-state index contributed by atoms with van der Waals surface area (Å²) in [5, 5.41) is 13.5. The van der Waals surface area contributed by atoms with E-state index in [1.165, 1.54) is 6.92 Å². The van der Waals surface area contributed by atoms with Gasteiger partial charge in [-0.1, -0.05) is 22.9 Å². The molecule has 0 radical (unpaired) electrons. The number of rotatable bonds is 3. The molecule has 1 aromatic carbocycles. The molecule has 1 rings (SSSR count). The Morgan fingerprint density at radius 1 is 1.43 bits per heavy atom. The molecule has 76 valence electrons. The van der Waals surface area contributed by atoms with Crippen LogP contribution in [0.1, 0.15) is 12.5 Å². The van der Waals surface area contributed by atoms with Crippen molar-refractivity contribution in [1.82, 2.24) is 0 Å². The van der Waals surface area contributed by atoms with E-state index >= 15 is 0 Å². The highest BCUT2D eigenvalue weighted by molar-refractivity contribution is 7.80. The Balaban J connectivity index is 2.70. The molecule has 1 atom stereocenters. The van der Waals surface area contributed by atoms with Crippen molar-refractivity contribution in [2.24, 2.45) is 5.16 Å². The fourth-order valence-electron chi connectivity index (χ4n) is 0.779. The van der Waals surface area contributed by atoms with Gasteiger partial charge in [-0.15, -0.1) is 0 Å². The van der Waals surface area contributed by atoms with E-state index in [0.717, 1.165) is 5.56 Å². The molecular formula is C9H10NO3S-. The fourth-order valence-corrected chi connectivity index (χ4v) is 1.40. The van der Waals surface area contributed by atoms with Gasteiger partial charge in [0.25, 0.3) is 11.1 Å². The molecule has 0 saturated heterocycles. The van der Waals surface area contributed by atoms with Crippen molar-refractivity contribution in [3.8, 4) is 0 Å².